The molecule has 17 heavy (non-hydrogen) atoms. The van der Waals surface area contributed by atoms with E-state index in [-0.39, 0.29) is 5.75 Å². The van der Waals surface area contributed by atoms with E-state index in [1.54, 1.807) is 18.2 Å². The summed E-state index contributed by atoms with van der Waals surface area (Å²) in [7, 11) is -2.95. The molecule has 1 aromatic carbocycles. The van der Waals surface area contributed by atoms with Gasteiger partial charge >= 0.3 is 7.82 Å². The van der Waals surface area contributed by atoms with E-state index in [9.17, 15) is 4.57 Å². The molecule has 0 fully saturated rings. The standard InChI is InChI=1S/C6H7O4P.C4H6Si2/c7-11(8,9)10-6-4-2-1-3-5-6;1-2-4-6-5-3-1/h1-5H,(H2,7,8,9);1-6H. The first-order chi connectivity index (χ1) is 8.08. The van der Waals surface area contributed by atoms with Crippen LogP contribution in [-0.2, 0) is 4.57 Å². The fraction of sp³-hybridized carbons (Fsp3) is 0. The minimum Gasteiger partial charge on any atom is -0.404 e. The van der Waals surface area contributed by atoms with Crippen LogP contribution in [0.1, 0.15) is 0 Å². The van der Waals surface area contributed by atoms with E-state index < -0.39 is 7.82 Å². The Morgan fingerprint density at radius 3 is 1.82 bits per heavy atom. The van der Waals surface area contributed by atoms with Gasteiger partial charge in [-0.15, -0.1) is 0 Å². The molecule has 2 aromatic rings. The maximum absolute atomic E-state index is 10.3. The molecule has 0 aliphatic rings. The van der Waals surface area contributed by atoms with E-state index >= 15 is 0 Å². The average Bonchev–Trinajstić information content (AvgIpc) is 2.31. The number of rotatable bonds is 2. The van der Waals surface area contributed by atoms with E-state index in [0.29, 0.717) is 0 Å². The molecule has 0 aliphatic carbocycles. The van der Waals surface area contributed by atoms with Crippen molar-refractivity contribution in [3.63, 3.8) is 0 Å². The summed E-state index contributed by atoms with van der Waals surface area (Å²) < 4.78 is 14.5. The predicted molar refractivity (Wildman–Crippen MR) is 71.0 cm³/mol. The molecule has 0 saturated carbocycles. The summed E-state index contributed by atoms with van der Waals surface area (Å²) in [4.78, 5) is 16.7. The zero-order valence-corrected chi connectivity index (χ0v) is 12.2. The molecule has 1 aromatic heterocycles. The Morgan fingerprint density at radius 1 is 0.941 bits per heavy atom. The van der Waals surface area contributed by atoms with Crippen molar-refractivity contribution >= 4 is 25.1 Å². The van der Waals surface area contributed by atoms with Crippen LogP contribution >= 0.6 is 7.82 Å². The number of hydrogen-bond acceptors (Lipinski definition) is 2. The van der Waals surface area contributed by atoms with Gasteiger partial charge in [0.2, 0.25) is 0 Å². The molecule has 7 heteroatoms. The lowest BCUT2D eigenvalue weighted by atomic mass is 10.3. The third-order valence-corrected chi connectivity index (χ3v) is 5.19. The number of hydrogen-bond donors (Lipinski definition) is 2. The van der Waals surface area contributed by atoms with Crippen molar-refractivity contribution < 1.29 is 18.9 Å². The van der Waals surface area contributed by atoms with Crippen LogP contribution in [0.4, 0.5) is 0 Å². The van der Waals surface area contributed by atoms with Crippen molar-refractivity contribution in [2.45, 2.75) is 0 Å². The molecule has 0 radical (unpaired) electrons. The van der Waals surface area contributed by atoms with Crippen molar-refractivity contribution in [1.82, 2.24) is 0 Å². The highest BCUT2D eigenvalue weighted by atomic mass is 31.2. The summed E-state index contributed by atoms with van der Waals surface area (Å²) in [5.74, 6) is 0.167. The highest BCUT2D eigenvalue weighted by Crippen LogP contribution is 2.36. The molecule has 0 amide bonds. The van der Waals surface area contributed by atoms with Gasteiger partial charge in [0, 0.05) is 0 Å². The first-order valence-corrected chi connectivity index (χ1v) is 10.4. The van der Waals surface area contributed by atoms with Crippen molar-refractivity contribution in [3.8, 4) is 5.75 Å². The molecule has 0 atom stereocenters. The number of para-hydroxylation sites is 1. The lowest BCUT2D eigenvalue weighted by Crippen LogP contribution is -1.88. The molecule has 0 saturated heterocycles. The van der Waals surface area contributed by atoms with Gasteiger partial charge in [-0.25, -0.2) is 4.57 Å². The van der Waals surface area contributed by atoms with Crippen LogP contribution in [0.15, 0.2) is 53.8 Å². The van der Waals surface area contributed by atoms with Crippen molar-refractivity contribution in [2.24, 2.45) is 0 Å². The van der Waals surface area contributed by atoms with Crippen molar-refractivity contribution in [3.05, 3.63) is 53.8 Å². The molecule has 0 spiro atoms. The Bertz CT molecular complexity index is 434. The second kappa shape index (κ2) is 7.42. The molecular weight excluding hydrogens is 271 g/mol. The third kappa shape index (κ3) is 7.90. The van der Waals surface area contributed by atoms with E-state index in [1.165, 1.54) is 12.1 Å². The smallest absolute Gasteiger partial charge is 0.404 e. The Kier molecular flexibility index (Phi) is 6.17. The largest absolute Gasteiger partial charge is 0.524 e. The zero-order chi connectivity index (χ0) is 12.6. The van der Waals surface area contributed by atoms with E-state index in [0.717, 1.165) is 17.2 Å². The molecule has 90 valence electrons. The van der Waals surface area contributed by atoms with Crippen LogP contribution in [0.3, 0.4) is 0 Å². The van der Waals surface area contributed by atoms with Crippen LogP contribution in [-0.4, -0.2) is 27.0 Å². The zero-order valence-electron chi connectivity index (χ0n) is 9.01. The second-order valence-corrected chi connectivity index (χ2v) is 8.06. The van der Waals surface area contributed by atoms with Gasteiger partial charge in [0.25, 0.3) is 0 Å². The summed E-state index contributed by atoms with van der Waals surface area (Å²) in [5.41, 5.74) is 4.60. The highest BCUT2D eigenvalue weighted by Gasteiger charge is 2.14. The molecule has 0 unspecified atom stereocenters. The maximum atomic E-state index is 10.3. The van der Waals surface area contributed by atoms with E-state index in [4.69, 9.17) is 9.79 Å². The Labute approximate surface area is 104 Å². The Morgan fingerprint density at radius 2 is 1.47 bits per heavy atom. The average molecular weight is 284 g/mol. The molecule has 2 rings (SSSR count). The topological polar surface area (TPSA) is 66.8 Å². The van der Waals surface area contributed by atoms with Gasteiger partial charge < -0.3 is 4.52 Å². The van der Waals surface area contributed by atoms with Gasteiger partial charge in [0.05, 0.1) is 0 Å². The van der Waals surface area contributed by atoms with Crippen molar-refractivity contribution in [1.29, 1.82) is 0 Å². The first-order valence-electron chi connectivity index (χ1n) is 4.88. The van der Waals surface area contributed by atoms with Crippen LogP contribution in [0.5, 0.6) is 5.75 Å². The molecule has 1 heterocycles. The monoisotopic (exact) mass is 284 g/mol. The van der Waals surface area contributed by atoms with E-state index in [1.807, 2.05) is 0 Å². The Balaban J connectivity index is 0.000000202. The van der Waals surface area contributed by atoms with Gasteiger partial charge in [-0.2, -0.15) is 0 Å². The minimum atomic E-state index is -4.39. The van der Waals surface area contributed by atoms with Gasteiger partial charge in [0.15, 0.2) is 0 Å². The second-order valence-electron chi connectivity index (χ2n) is 3.05. The van der Waals surface area contributed by atoms with Crippen LogP contribution in [0.25, 0.3) is 0 Å². The molecular formula is C10H13O4PSi2. The predicted octanol–water partition coefficient (Wildman–Crippen LogP) is 0.985. The summed E-state index contributed by atoms with van der Waals surface area (Å²) in [6.45, 7) is 0. The SMILES string of the molecule is O=P(O)(O)Oc1ccccc1.c1cc[siH][siH]c1. The van der Waals surface area contributed by atoms with Crippen molar-refractivity contribution in [2.75, 3.05) is 0 Å². The number of phosphoric acid groups is 1. The summed E-state index contributed by atoms with van der Waals surface area (Å²) >= 11 is 0. The van der Waals surface area contributed by atoms with Gasteiger partial charge in [-0.1, -0.05) is 41.7 Å². The van der Waals surface area contributed by atoms with Crippen LogP contribution < -0.4 is 4.52 Å². The normalized spacial score (nSPS) is 10.0. The number of benzene rings is 1. The molecule has 4 nitrogen and oxygen atoms in total. The molecule has 0 aliphatic heterocycles. The molecule has 0 bridgehead atoms. The summed E-state index contributed by atoms with van der Waals surface area (Å²) in [5, 5.41) is 0. The maximum Gasteiger partial charge on any atom is 0.524 e. The van der Waals surface area contributed by atoms with Gasteiger partial charge in [-0.05, 0) is 29.4 Å². The van der Waals surface area contributed by atoms with Gasteiger partial charge in [0.1, 0.15) is 5.75 Å². The Hall–Kier alpha value is -0.916. The van der Waals surface area contributed by atoms with E-state index in [2.05, 4.69) is 28.0 Å². The lowest BCUT2D eigenvalue weighted by Gasteiger charge is -2.04. The lowest BCUT2D eigenvalue weighted by molar-refractivity contribution is 0.283. The van der Waals surface area contributed by atoms with Crippen LogP contribution in [0.2, 0.25) is 0 Å². The minimum absolute atomic E-state index is 0.167. The van der Waals surface area contributed by atoms with Crippen LogP contribution in [0, 0.1) is 0 Å². The van der Waals surface area contributed by atoms with Gasteiger partial charge in [-0.3, -0.25) is 9.79 Å². The quantitative estimate of drug-likeness (QED) is 0.637. The summed E-state index contributed by atoms with van der Waals surface area (Å²) in [6, 6.07) is 12.2. The highest BCUT2D eigenvalue weighted by molar-refractivity contribution is 7.46. The molecule has 2 N–H and O–H groups in total. The fourth-order valence-electron chi connectivity index (χ4n) is 1.00. The number of phosphoric ester groups is 1. The summed E-state index contributed by atoms with van der Waals surface area (Å²) in [6.07, 6.45) is 0. The first kappa shape index (κ1) is 14.1. The third-order valence-electron chi connectivity index (χ3n) is 1.63. The fourth-order valence-corrected chi connectivity index (χ4v) is 3.71.